The monoisotopic (exact) mass is 489 g/mol. The highest BCUT2D eigenvalue weighted by molar-refractivity contribution is 5.43. The first-order valence-electron chi connectivity index (χ1n) is 9.99. The molecule has 34 heavy (non-hydrogen) atoms. The molecule has 0 unspecified atom stereocenters. The Morgan fingerprint density at radius 1 is 0.706 bits per heavy atom. The lowest BCUT2D eigenvalue weighted by atomic mass is 9.77. The van der Waals surface area contributed by atoms with Crippen LogP contribution in [0.5, 0.6) is 0 Å². The maximum Gasteiger partial charge on any atom is 0.416 e. The minimum atomic E-state index is -5.02. The van der Waals surface area contributed by atoms with Crippen molar-refractivity contribution in [3.8, 4) is 0 Å². The molecule has 3 aromatic rings. The van der Waals surface area contributed by atoms with E-state index in [2.05, 4.69) is 5.32 Å². The van der Waals surface area contributed by atoms with Crippen molar-refractivity contribution in [2.75, 3.05) is 6.54 Å². The first-order chi connectivity index (χ1) is 15.8. The number of hydrogen-bond acceptors (Lipinski definition) is 2. The van der Waals surface area contributed by atoms with Crippen LogP contribution in [-0.2, 0) is 18.1 Å². The second-order valence-corrected chi connectivity index (χ2v) is 7.74. The Labute approximate surface area is 189 Å². The van der Waals surface area contributed by atoms with Crippen molar-refractivity contribution >= 4 is 0 Å². The van der Waals surface area contributed by atoms with E-state index in [0.29, 0.717) is 11.6 Å². The summed E-state index contributed by atoms with van der Waals surface area (Å²) in [5, 5.41) is 12.1. The Morgan fingerprint density at radius 3 is 1.85 bits per heavy atom. The van der Waals surface area contributed by atoms with Crippen LogP contribution in [-0.4, -0.2) is 23.9 Å². The predicted octanol–water partition coefficient (Wildman–Crippen LogP) is 5.98. The Bertz CT molecular complexity index is 1100. The van der Waals surface area contributed by atoms with Gasteiger partial charge in [-0.1, -0.05) is 42.5 Å². The number of hydrogen-bond donors (Lipinski definition) is 2. The van der Waals surface area contributed by atoms with E-state index < -0.39 is 47.7 Å². The third-order valence-corrected chi connectivity index (χ3v) is 5.34. The summed E-state index contributed by atoms with van der Waals surface area (Å²) in [6, 6.07) is 14.1. The molecule has 2 nitrogen and oxygen atoms in total. The number of aliphatic hydroxyl groups is 1. The fourth-order valence-corrected chi connectivity index (χ4v) is 3.66. The molecule has 0 aromatic heterocycles. The number of rotatable bonds is 7. The Hall–Kier alpha value is -2.98. The molecule has 0 saturated heterocycles. The van der Waals surface area contributed by atoms with Gasteiger partial charge in [0, 0.05) is 6.54 Å². The van der Waals surface area contributed by atoms with Gasteiger partial charge in [0.15, 0.2) is 6.10 Å². The van der Waals surface area contributed by atoms with E-state index in [9.17, 15) is 40.2 Å². The lowest BCUT2D eigenvalue weighted by molar-refractivity contribution is -0.202. The van der Waals surface area contributed by atoms with Crippen molar-refractivity contribution in [2.24, 2.45) is 0 Å². The Morgan fingerprint density at radius 2 is 1.29 bits per heavy atom. The summed E-state index contributed by atoms with van der Waals surface area (Å²) >= 11 is 0. The molecule has 0 fully saturated rings. The molecule has 3 aromatic carbocycles. The van der Waals surface area contributed by atoms with E-state index in [4.69, 9.17) is 0 Å². The lowest BCUT2D eigenvalue weighted by Crippen LogP contribution is -2.51. The zero-order valence-electron chi connectivity index (χ0n) is 17.4. The number of aliphatic hydroxyl groups excluding tert-OH is 1. The molecule has 0 amide bonds. The topological polar surface area (TPSA) is 32.3 Å². The summed E-state index contributed by atoms with van der Waals surface area (Å²) < 4.78 is 108. The Balaban J connectivity index is 2.26. The maximum absolute atomic E-state index is 14.4. The summed E-state index contributed by atoms with van der Waals surface area (Å²) in [5.41, 5.74) is -3.02. The van der Waals surface area contributed by atoms with E-state index in [1.54, 1.807) is 30.3 Å². The molecule has 0 radical (unpaired) electrons. The van der Waals surface area contributed by atoms with Crippen molar-refractivity contribution < 1.29 is 40.2 Å². The summed E-state index contributed by atoms with van der Waals surface area (Å²) in [6.07, 6.45) is -13.1. The lowest BCUT2D eigenvalue weighted by Gasteiger charge is -2.38. The van der Waals surface area contributed by atoms with Crippen molar-refractivity contribution in [1.82, 2.24) is 5.32 Å². The average molecular weight is 489 g/mol. The molecule has 182 valence electrons. The SMILES string of the molecule is O[C@H](CN[C@@](Cc1ccccc1)(c1ccc(F)cc1)c1cc(F)cc(C(F)(F)F)c1)C(F)(F)F. The van der Waals surface area contributed by atoms with Crippen LogP contribution in [0.4, 0.5) is 35.1 Å². The van der Waals surface area contributed by atoms with Gasteiger partial charge in [0.2, 0.25) is 0 Å². The molecule has 0 aliphatic rings. The van der Waals surface area contributed by atoms with Crippen molar-refractivity contribution in [3.63, 3.8) is 0 Å². The van der Waals surface area contributed by atoms with Gasteiger partial charge in [-0.15, -0.1) is 0 Å². The van der Waals surface area contributed by atoms with Gasteiger partial charge in [0.1, 0.15) is 11.6 Å². The molecule has 2 N–H and O–H groups in total. The number of halogens is 8. The fraction of sp³-hybridized carbons (Fsp3) is 0.250. The van der Waals surface area contributed by atoms with Crippen LogP contribution in [0.15, 0.2) is 72.8 Å². The maximum atomic E-state index is 14.4. The molecule has 0 spiro atoms. The molecule has 3 rings (SSSR count). The van der Waals surface area contributed by atoms with Crippen LogP contribution in [0.3, 0.4) is 0 Å². The smallest absolute Gasteiger partial charge is 0.382 e. The zero-order chi connectivity index (χ0) is 25.1. The van der Waals surface area contributed by atoms with Gasteiger partial charge in [-0.2, -0.15) is 26.3 Å². The quantitative estimate of drug-likeness (QED) is 0.400. The molecule has 2 atom stereocenters. The summed E-state index contributed by atoms with van der Waals surface area (Å²) in [5.74, 6) is -1.95. The number of alkyl halides is 6. The highest BCUT2D eigenvalue weighted by atomic mass is 19.4. The highest BCUT2D eigenvalue weighted by Crippen LogP contribution is 2.38. The Kier molecular flexibility index (Phi) is 7.32. The normalized spacial score (nSPS) is 15.1. The van der Waals surface area contributed by atoms with Gasteiger partial charge in [-0.25, -0.2) is 8.78 Å². The third kappa shape index (κ3) is 5.92. The first-order valence-corrected chi connectivity index (χ1v) is 9.99. The van der Waals surface area contributed by atoms with Crippen molar-refractivity contribution in [3.05, 3.63) is 107 Å². The first kappa shape index (κ1) is 25.6. The van der Waals surface area contributed by atoms with Crippen LogP contribution in [0.2, 0.25) is 0 Å². The van der Waals surface area contributed by atoms with Crippen LogP contribution >= 0.6 is 0 Å². The predicted molar refractivity (Wildman–Crippen MR) is 109 cm³/mol. The van der Waals surface area contributed by atoms with E-state index in [0.717, 1.165) is 18.2 Å². The molecule has 0 aliphatic heterocycles. The van der Waals surface area contributed by atoms with Crippen molar-refractivity contribution in [2.45, 2.75) is 30.4 Å². The second-order valence-electron chi connectivity index (χ2n) is 7.74. The zero-order valence-corrected chi connectivity index (χ0v) is 17.4. The summed E-state index contributed by atoms with van der Waals surface area (Å²) in [7, 11) is 0. The number of nitrogens with one attached hydrogen (secondary N) is 1. The van der Waals surface area contributed by atoms with Crippen LogP contribution in [0.1, 0.15) is 22.3 Å². The summed E-state index contributed by atoms with van der Waals surface area (Å²) in [6.45, 7) is -1.12. The van der Waals surface area contributed by atoms with Gasteiger partial charge in [0.25, 0.3) is 0 Å². The van der Waals surface area contributed by atoms with E-state index in [1.165, 1.54) is 12.1 Å². The summed E-state index contributed by atoms with van der Waals surface area (Å²) in [4.78, 5) is 0. The van der Waals surface area contributed by atoms with Crippen molar-refractivity contribution in [1.29, 1.82) is 0 Å². The molecule has 0 aliphatic carbocycles. The van der Waals surface area contributed by atoms with E-state index in [1.807, 2.05) is 0 Å². The molecule has 0 saturated carbocycles. The van der Waals surface area contributed by atoms with E-state index >= 15 is 0 Å². The minimum absolute atomic E-state index is 0.0749. The van der Waals surface area contributed by atoms with E-state index in [-0.39, 0.29) is 23.6 Å². The third-order valence-electron chi connectivity index (χ3n) is 5.34. The van der Waals surface area contributed by atoms with Crippen LogP contribution < -0.4 is 5.32 Å². The number of benzene rings is 3. The second kappa shape index (κ2) is 9.71. The molecule has 0 bridgehead atoms. The standard InChI is InChI=1S/C24H19F8NO/c25-19-8-6-16(7-9-19)22(13-15-4-2-1-3-5-15,33-14-21(34)24(30,31)32)17-10-18(23(27,28)29)12-20(26)11-17/h1-12,21,33-34H,13-14H2/t21-,22+/m1/s1. The molecule has 10 heteroatoms. The van der Waals surface area contributed by atoms with Gasteiger partial charge in [0.05, 0.1) is 11.1 Å². The van der Waals surface area contributed by atoms with Crippen LogP contribution in [0.25, 0.3) is 0 Å². The molecular formula is C24H19F8NO. The fourth-order valence-electron chi connectivity index (χ4n) is 3.66. The molecule has 0 heterocycles. The molecular weight excluding hydrogens is 470 g/mol. The largest absolute Gasteiger partial charge is 0.416 e. The highest BCUT2D eigenvalue weighted by Gasteiger charge is 2.43. The average Bonchev–Trinajstić information content (AvgIpc) is 2.76. The van der Waals surface area contributed by atoms with Gasteiger partial charge < -0.3 is 10.4 Å². The van der Waals surface area contributed by atoms with Gasteiger partial charge in [-0.05, 0) is 53.4 Å². The minimum Gasteiger partial charge on any atom is -0.382 e. The van der Waals surface area contributed by atoms with Crippen LogP contribution in [0, 0.1) is 11.6 Å². The van der Waals surface area contributed by atoms with Gasteiger partial charge in [-0.3, -0.25) is 0 Å². The van der Waals surface area contributed by atoms with Gasteiger partial charge >= 0.3 is 12.4 Å².